The number of nitrogens with one attached hydrogen (secondary N) is 2. The summed E-state index contributed by atoms with van der Waals surface area (Å²) in [6, 6.07) is 6.17. The zero-order valence-corrected chi connectivity index (χ0v) is 15.9. The molecule has 1 aliphatic carbocycles. The number of anilines is 2. The summed E-state index contributed by atoms with van der Waals surface area (Å²) in [7, 11) is 1.57. The lowest BCUT2D eigenvalue weighted by Crippen LogP contribution is -2.31. The van der Waals surface area contributed by atoms with Gasteiger partial charge in [0.1, 0.15) is 6.61 Å². The fourth-order valence-electron chi connectivity index (χ4n) is 3.96. The van der Waals surface area contributed by atoms with Crippen LogP contribution < -0.4 is 20.1 Å². The molecule has 0 spiro atoms. The smallest absolute Gasteiger partial charge is 0.320 e. The maximum absolute atomic E-state index is 5.75. The van der Waals surface area contributed by atoms with E-state index in [1.54, 1.807) is 19.4 Å². The lowest BCUT2D eigenvalue weighted by molar-refractivity contribution is 0.224. The second kappa shape index (κ2) is 7.18. The number of rotatable bonds is 5. The highest BCUT2D eigenvalue weighted by Gasteiger charge is 2.29. The Kier molecular flexibility index (Phi) is 4.38. The van der Waals surface area contributed by atoms with Crippen molar-refractivity contribution in [2.75, 3.05) is 30.8 Å². The van der Waals surface area contributed by atoms with Gasteiger partial charge in [0, 0.05) is 30.9 Å². The van der Waals surface area contributed by atoms with Gasteiger partial charge in [0.05, 0.1) is 24.5 Å². The highest BCUT2D eigenvalue weighted by Crippen LogP contribution is 2.36. The van der Waals surface area contributed by atoms with Gasteiger partial charge in [0.25, 0.3) is 0 Å². The largest absolute Gasteiger partial charge is 0.481 e. The quantitative estimate of drug-likeness (QED) is 0.704. The first-order chi connectivity index (χ1) is 13.8. The van der Waals surface area contributed by atoms with Crippen molar-refractivity contribution in [1.29, 1.82) is 0 Å². The molecule has 8 heteroatoms. The third-order valence-electron chi connectivity index (χ3n) is 5.84. The number of hydrogen-bond acceptors (Lipinski definition) is 7. The maximum Gasteiger partial charge on any atom is 0.320 e. The van der Waals surface area contributed by atoms with Crippen LogP contribution in [0.2, 0.25) is 0 Å². The van der Waals surface area contributed by atoms with Crippen LogP contribution in [0.15, 0.2) is 30.6 Å². The van der Waals surface area contributed by atoms with Crippen molar-refractivity contribution in [3.05, 3.63) is 36.2 Å². The summed E-state index contributed by atoms with van der Waals surface area (Å²) in [6.07, 6.45) is 7.54. The van der Waals surface area contributed by atoms with Gasteiger partial charge in [-0.25, -0.2) is 9.50 Å². The first-order valence-corrected chi connectivity index (χ1v) is 9.79. The molecule has 0 saturated heterocycles. The van der Waals surface area contributed by atoms with Crippen molar-refractivity contribution in [3.8, 4) is 11.9 Å². The van der Waals surface area contributed by atoms with Crippen molar-refractivity contribution in [1.82, 2.24) is 19.6 Å². The molecular weight excluding hydrogens is 356 g/mol. The fraction of sp³-hybridized carbons (Fsp3) is 0.450. The number of methoxy groups -OCH3 is 1. The van der Waals surface area contributed by atoms with Crippen molar-refractivity contribution >= 4 is 17.0 Å². The molecule has 2 N–H and O–H groups in total. The summed E-state index contributed by atoms with van der Waals surface area (Å²) in [4.78, 5) is 8.31. The number of pyridine rings is 1. The Bertz CT molecular complexity index is 984. The zero-order valence-electron chi connectivity index (χ0n) is 15.9. The Labute approximate surface area is 163 Å². The predicted octanol–water partition coefficient (Wildman–Crippen LogP) is 2.97. The lowest BCUT2D eigenvalue weighted by Gasteiger charge is -2.33. The number of fused-ring (bicyclic) bond motifs is 3. The van der Waals surface area contributed by atoms with E-state index < -0.39 is 0 Å². The van der Waals surface area contributed by atoms with Gasteiger partial charge in [0.2, 0.25) is 5.88 Å². The minimum absolute atomic E-state index is 0.289. The fourth-order valence-corrected chi connectivity index (χ4v) is 3.96. The van der Waals surface area contributed by atoms with E-state index in [1.165, 1.54) is 19.3 Å². The standard InChI is InChI=1S/C20H24N6O2/c1-27-18-7-8-21-20(25-18)28-12-15-11-24-26-17(15)6-5-16-19(26)23-10-14(9-22-16)13-3-2-4-13/h5-8,11,13-14,22-23H,2-4,9-10,12H2,1H3. The minimum Gasteiger partial charge on any atom is -0.481 e. The Morgan fingerprint density at radius 1 is 1.14 bits per heavy atom. The van der Waals surface area contributed by atoms with Gasteiger partial charge in [-0.3, -0.25) is 0 Å². The molecule has 2 aliphatic rings. The molecule has 0 aromatic carbocycles. The van der Waals surface area contributed by atoms with E-state index in [0.717, 1.165) is 41.6 Å². The van der Waals surface area contributed by atoms with Gasteiger partial charge in [-0.15, -0.1) is 0 Å². The van der Waals surface area contributed by atoms with E-state index in [9.17, 15) is 0 Å². The van der Waals surface area contributed by atoms with Crippen LogP contribution in [0.1, 0.15) is 24.8 Å². The third-order valence-corrected chi connectivity index (χ3v) is 5.84. The summed E-state index contributed by atoms with van der Waals surface area (Å²) >= 11 is 0. The van der Waals surface area contributed by atoms with Crippen LogP contribution in [0, 0.1) is 11.8 Å². The van der Waals surface area contributed by atoms with E-state index in [4.69, 9.17) is 9.47 Å². The van der Waals surface area contributed by atoms with Crippen LogP contribution in [0.3, 0.4) is 0 Å². The summed E-state index contributed by atoms with van der Waals surface area (Å²) in [5, 5.41) is 11.8. The van der Waals surface area contributed by atoms with Crippen molar-refractivity contribution < 1.29 is 9.47 Å². The summed E-state index contributed by atoms with van der Waals surface area (Å²) < 4.78 is 12.8. The van der Waals surface area contributed by atoms with Gasteiger partial charge in [0.15, 0.2) is 5.82 Å². The molecule has 3 aromatic rings. The molecule has 1 aliphatic heterocycles. The Morgan fingerprint density at radius 3 is 2.86 bits per heavy atom. The van der Waals surface area contributed by atoms with E-state index in [-0.39, 0.29) is 6.01 Å². The number of ether oxygens (including phenoxy) is 2. The molecule has 28 heavy (non-hydrogen) atoms. The minimum atomic E-state index is 0.289. The Morgan fingerprint density at radius 2 is 2.04 bits per heavy atom. The summed E-state index contributed by atoms with van der Waals surface area (Å²) in [5.41, 5.74) is 3.09. The van der Waals surface area contributed by atoms with E-state index >= 15 is 0 Å². The molecule has 146 valence electrons. The topological polar surface area (TPSA) is 85.6 Å². The second-order valence-electron chi connectivity index (χ2n) is 7.45. The molecule has 8 nitrogen and oxygen atoms in total. The highest BCUT2D eigenvalue weighted by molar-refractivity contribution is 5.72. The van der Waals surface area contributed by atoms with Crippen molar-refractivity contribution in [3.63, 3.8) is 0 Å². The predicted molar refractivity (Wildman–Crippen MR) is 106 cm³/mol. The molecule has 1 unspecified atom stereocenters. The molecule has 5 rings (SSSR count). The molecular formula is C20H24N6O2. The van der Waals surface area contributed by atoms with Crippen LogP contribution in [0.25, 0.3) is 5.52 Å². The molecule has 0 bridgehead atoms. The molecule has 1 saturated carbocycles. The molecule has 1 atom stereocenters. The third kappa shape index (κ3) is 3.08. The lowest BCUT2D eigenvalue weighted by atomic mass is 9.76. The average molecular weight is 380 g/mol. The zero-order chi connectivity index (χ0) is 18.9. The number of nitrogens with zero attached hydrogens (tertiary/aromatic N) is 4. The van der Waals surface area contributed by atoms with Gasteiger partial charge >= 0.3 is 6.01 Å². The molecule has 4 heterocycles. The Hall–Kier alpha value is -3.03. The molecule has 0 amide bonds. The molecule has 1 fully saturated rings. The highest BCUT2D eigenvalue weighted by atomic mass is 16.5. The Balaban J connectivity index is 1.35. The van der Waals surface area contributed by atoms with Gasteiger partial charge in [-0.05, 0) is 24.0 Å². The van der Waals surface area contributed by atoms with Gasteiger partial charge in [-0.1, -0.05) is 19.3 Å². The summed E-state index contributed by atoms with van der Waals surface area (Å²) in [6.45, 7) is 2.33. The average Bonchev–Trinajstić information content (AvgIpc) is 2.99. The molecule has 0 radical (unpaired) electrons. The normalized spacial score (nSPS) is 19.1. The monoisotopic (exact) mass is 380 g/mol. The molecule has 3 aromatic heterocycles. The van der Waals surface area contributed by atoms with E-state index in [1.807, 2.05) is 10.7 Å². The van der Waals surface area contributed by atoms with Crippen molar-refractivity contribution in [2.24, 2.45) is 11.8 Å². The van der Waals surface area contributed by atoms with Crippen LogP contribution >= 0.6 is 0 Å². The summed E-state index contributed by atoms with van der Waals surface area (Å²) in [5.74, 6) is 3.00. The van der Waals surface area contributed by atoms with Gasteiger partial charge < -0.3 is 20.1 Å². The first-order valence-electron chi connectivity index (χ1n) is 9.79. The van der Waals surface area contributed by atoms with Crippen LogP contribution in [0.4, 0.5) is 11.5 Å². The second-order valence-corrected chi connectivity index (χ2v) is 7.45. The van der Waals surface area contributed by atoms with Gasteiger partial charge in [-0.2, -0.15) is 10.1 Å². The van der Waals surface area contributed by atoms with Crippen molar-refractivity contribution in [2.45, 2.75) is 25.9 Å². The van der Waals surface area contributed by atoms with Crippen LogP contribution in [-0.2, 0) is 6.61 Å². The van der Waals surface area contributed by atoms with Crippen LogP contribution in [0.5, 0.6) is 11.9 Å². The maximum atomic E-state index is 5.75. The SMILES string of the molecule is COc1ccnc(OCc2cnn3c4c(ccc23)NCC(C2CCC2)CN4)n1. The first kappa shape index (κ1) is 17.1. The van der Waals surface area contributed by atoms with E-state index in [2.05, 4.69) is 37.8 Å². The number of hydrogen-bond donors (Lipinski definition) is 2. The van der Waals surface area contributed by atoms with E-state index in [0.29, 0.717) is 18.4 Å². The van der Waals surface area contributed by atoms with Crippen LogP contribution in [-0.4, -0.2) is 39.8 Å². The number of aromatic nitrogens is 4.